The van der Waals surface area contributed by atoms with E-state index in [1.807, 2.05) is 81.6 Å². The van der Waals surface area contributed by atoms with Crippen LogP contribution in [0.3, 0.4) is 0 Å². The summed E-state index contributed by atoms with van der Waals surface area (Å²) in [6.07, 6.45) is 3.97. The van der Waals surface area contributed by atoms with Crippen molar-refractivity contribution in [3.63, 3.8) is 0 Å². The largest absolute Gasteiger partial charge is 0.497 e. The number of nitrogens with one attached hydrogen (secondary N) is 1. The molecule has 4 atom stereocenters. The zero-order chi connectivity index (χ0) is 22.4. The molecule has 1 unspecified atom stereocenters. The van der Waals surface area contributed by atoms with Gasteiger partial charge in [-0.25, -0.2) is 0 Å². The summed E-state index contributed by atoms with van der Waals surface area (Å²) >= 11 is 0. The molecule has 0 saturated carbocycles. The summed E-state index contributed by atoms with van der Waals surface area (Å²) in [4.78, 5) is 14.6. The molecule has 1 fully saturated rings. The number of ether oxygens (including phenoxy) is 1. The van der Waals surface area contributed by atoms with Crippen LogP contribution in [-0.4, -0.2) is 18.9 Å². The normalized spacial score (nSPS) is 25.6. The Labute approximate surface area is 183 Å². The average Bonchev–Trinajstić information content (AvgIpc) is 3.08. The highest BCUT2D eigenvalue weighted by molar-refractivity contribution is 5.89. The van der Waals surface area contributed by atoms with Gasteiger partial charge in [-0.15, -0.1) is 0 Å². The lowest BCUT2D eigenvalue weighted by Crippen LogP contribution is -3.12. The lowest BCUT2D eigenvalue weighted by molar-refractivity contribution is -0.885. The second kappa shape index (κ2) is 7.38. The molecule has 2 aliphatic heterocycles. The van der Waals surface area contributed by atoms with Gasteiger partial charge in [0, 0.05) is 11.0 Å². The van der Waals surface area contributed by atoms with E-state index >= 15 is 0 Å². The Kier molecular flexibility index (Phi) is 4.96. The van der Waals surface area contributed by atoms with Gasteiger partial charge in [-0.05, 0) is 29.3 Å². The van der Waals surface area contributed by atoms with Crippen LogP contribution >= 0.6 is 0 Å². The third-order valence-corrected chi connectivity index (χ3v) is 6.60. The molecular weight excluding hydrogens is 386 g/mol. The molecule has 31 heavy (non-hydrogen) atoms. The number of carbonyl (C=O) groups is 1. The van der Waals surface area contributed by atoms with Crippen molar-refractivity contribution < 1.29 is 14.4 Å². The molecule has 0 spiro atoms. The number of ketones is 1. The quantitative estimate of drug-likeness (QED) is 0.838. The fourth-order valence-corrected chi connectivity index (χ4v) is 5.14. The number of fused-ring (bicyclic) bond motifs is 3. The summed E-state index contributed by atoms with van der Waals surface area (Å²) in [6, 6.07) is 19.0. The summed E-state index contributed by atoms with van der Waals surface area (Å²) in [5, 5.41) is 20.9. The number of hydrogen-bond donors (Lipinski definition) is 1. The summed E-state index contributed by atoms with van der Waals surface area (Å²) in [5.41, 5.74) is 0.725. The molecule has 5 nitrogen and oxygen atoms in total. The first-order valence-electron chi connectivity index (χ1n) is 10.4. The second-order valence-corrected chi connectivity index (χ2v) is 9.33. The first-order chi connectivity index (χ1) is 14.8. The minimum atomic E-state index is -1.39. The van der Waals surface area contributed by atoms with Crippen molar-refractivity contribution in [2.75, 3.05) is 7.11 Å². The summed E-state index contributed by atoms with van der Waals surface area (Å²) in [7, 11) is 1.59. The van der Waals surface area contributed by atoms with Crippen LogP contribution in [0.5, 0.6) is 5.75 Å². The number of quaternary nitrogens is 1. The maximum absolute atomic E-state index is 13.8. The Balaban J connectivity index is 2.00. The van der Waals surface area contributed by atoms with E-state index in [0.717, 1.165) is 21.6 Å². The molecular formula is C26H26N3O2+. The standard InChI is InChI=1S/C26H25N3O2/c1-25(2,3)24(30)22-21(18-9-11-19(31-4)12-10-18)26(15-27,16-28)23-20-8-6-5-7-17(20)13-14-29(22)23/h5-14,21-23H,1-4H3/p+1/t21-,22+,23+/m1/s1. The van der Waals surface area contributed by atoms with Crippen LogP contribution < -0.4 is 9.64 Å². The molecule has 1 saturated heterocycles. The Bertz CT molecular complexity index is 1110. The third kappa shape index (κ3) is 3.05. The number of benzene rings is 2. The highest BCUT2D eigenvalue weighted by Gasteiger charge is 2.68. The van der Waals surface area contributed by atoms with Gasteiger partial charge in [0.1, 0.15) is 5.75 Å². The van der Waals surface area contributed by atoms with Crippen LogP contribution in [0.2, 0.25) is 0 Å². The summed E-state index contributed by atoms with van der Waals surface area (Å²) in [5.74, 6) is 0.163. The van der Waals surface area contributed by atoms with Gasteiger partial charge < -0.3 is 4.74 Å². The van der Waals surface area contributed by atoms with Crippen molar-refractivity contribution in [1.29, 1.82) is 10.5 Å². The van der Waals surface area contributed by atoms with Crippen molar-refractivity contribution in [2.24, 2.45) is 10.8 Å². The molecule has 1 N–H and O–H groups in total. The van der Waals surface area contributed by atoms with E-state index in [9.17, 15) is 15.3 Å². The molecule has 0 aliphatic carbocycles. The van der Waals surface area contributed by atoms with E-state index in [1.165, 1.54) is 0 Å². The first-order valence-corrected chi connectivity index (χ1v) is 10.4. The van der Waals surface area contributed by atoms with E-state index in [1.54, 1.807) is 7.11 Å². The van der Waals surface area contributed by atoms with Crippen molar-refractivity contribution in [1.82, 2.24) is 0 Å². The average molecular weight is 413 g/mol. The van der Waals surface area contributed by atoms with Gasteiger partial charge in [0.2, 0.25) is 5.41 Å². The van der Waals surface area contributed by atoms with Gasteiger partial charge in [0.15, 0.2) is 17.9 Å². The van der Waals surface area contributed by atoms with E-state index in [4.69, 9.17) is 4.74 Å². The van der Waals surface area contributed by atoms with E-state index in [-0.39, 0.29) is 5.78 Å². The van der Waals surface area contributed by atoms with E-state index in [0.29, 0.717) is 5.75 Å². The molecule has 0 amide bonds. The molecule has 0 bridgehead atoms. The molecule has 2 heterocycles. The maximum atomic E-state index is 13.8. The zero-order valence-electron chi connectivity index (χ0n) is 18.2. The molecule has 4 rings (SSSR count). The molecule has 2 aliphatic rings. The Morgan fingerprint density at radius 2 is 1.71 bits per heavy atom. The lowest BCUT2D eigenvalue weighted by atomic mass is 9.66. The SMILES string of the molecule is COc1ccc([C@@H]2[C@@H](C(=O)C(C)(C)C)[NH+]3C=Cc4ccccc4[C@H]3C2(C#N)C#N)cc1. The van der Waals surface area contributed by atoms with Crippen LogP contribution in [0, 0.1) is 33.5 Å². The molecule has 156 valence electrons. The van der Waals surface area contributed by atoms with Gasteiger partial charge in [-0.1, -0.05) is 57.2 Å². The second-order valence-electron chi connectivity index (χ2n) is 9.33. The number of methoxy groups -OCH3 is 1. The van der Waals surface area contributed by atoms with Crippen LogP contribution in [0.1, 0.15) is 49.4 Å². The highest BCUT2D eigenvalue weighted by atomic mass is 16.5. The van der Waals surface area contributed by atoms with Crippen LogP contribution in [0.25, 0.3) is 6.08 Å². The number of nitriles is 2. The fraction of sp³-hybridized carbons (Fsp3) is 0.346. The molecule has 0 aromatic heterocycles. The van der Waals surface area contributed by atoms with Gasteiger partial charge >= 0.3 is 0 Å². The number of carbonyl (C=O) groups excluding carboxylic acids is 1. The number of nitrogens with zero attached hydrogens (tertiary/aromatic N) is 2. The highest BCUT2D eigenvalue weighted by Crippen LogP contribution is 2.52. The predicted octanol–water partition coefficient (Wildman–Crippen LogP) is 3.42. The summed E-state index contributed by atoms with van der Waals surface area (Å²) < 4.78 is 5.29. The van der Waals surface area contributed by atoms with E-state index in [2.05, 4.69) is 12.1 Å². The first kappa shape index (κ1) is 20.8. The van der Waals surface area contributed by atoms with Gasteiger partial charge in [0.05, 0.1) is 31.4 Å². The van der Waals surface area contributed by atoms with Crippen molar-refractivity contribution in [2.45, 2.75) is 38.8 Å². The monoisotopic (exact) mass is 412 g/mol. The fourth-order valence-electron chi connectivity index (χ4n) is 5.14. The molecule has 2 aromatic rings. The van der Waals surface area contributed by atoms with Crippen molar-refractivity contribution in [3.05, 3.63) is 71.4 Å². The Hall–Kier alpha value is -3.41. The van der Waals surface area contributed by atoms with Crippen molar-refractivity contribution >= 4 is 11.9 Å². The Morgan fingerprint density at radius 1 is 1.06 bits per heavy atom. The Morgan fingerprint density at radius 3 is 2.29 bits per heavy atom. The lowest BCUT2D eigenvalue weighted by Gasteiger charge is -2.31. The number of Topliss-reactive ketones (excluding diaryl/α,β-unsaturated/α-hetero) is 1. The van der Waals surface area contributed by atoms with Crippen LogP contribution in [0.4, 0.5) is 0 Å². The minimum Gasteiger partial charge on any atom is -0.497 e. The van der Waals surface area contributed by atoms with Gasteiger partial charge in [-0.3, -0.25) is 9.69 Å². The smallest absolute Gasteiger partial charge is 0.212 e. The van der Waals surface area contributed by atoms with Crippen LogP contribution in [0.15, 0.2) is 54.7 Å². The van der Waals surface area contributed by atoms with Gasteiger partial charge in [-0.2, -0.15) is 10.5 Å². The topological polar surface area (TPSA) is 78.3 Å². The minimum absolute atomic E-state index is 0.0460. The zero-order valence-corrected chi connectivity index (χ0v) is 18.2. The number of hydrogen-bond acceptors (Lipinski definition) is 4. The maximum Gasteiger partial charge on any atom is 0.212 e. The van der Waals surface area contributed by atoms with Gasteiger partial charge in [0.25, 0.3) is 0 Å². The molecule has 0 radical (unpaired) electrons. The third-order valence-electron chi connectivity index (χ3n) is 6.60. The summed E-state index contributed by atoms with van der Waals surface area (Å²) in [6.45, 7) is 5.69. The molecule has 5 heteroatoms. The predicted molar refractivity (Wildman–Crippen MR) is 117 cm³/mol. The van der Waals surface area contributed by atoms with E-state index < -0.39 is 28.8 Å². The number of rotatable bonds is 3. The molecule has 2 aromatic carbocycles. The van der Waals surface area contributed by atoms with Crippen molar-refractivity contribution in [3.8, 4) is 17.9 Å². The van der Waals surface area contributed by atoms with Crippen LogP contribution in [-0.2, 0) is 4.79 Å².